The minimum absolute atomic E-state index is 0.166. The van der Waals surface area contributed by atoms with Gasteiger partial charge in [0.05, 0.1) is 7.11 Å². The molecule has 1 rings (SSSR count). The third-order valence-electron chi connectivity index (χ3n) is 2.29. The molecule has 2 amide bonds. The number of ether oxygens (including phenoxy) is 1. The maximum atomic E-state index is 11.3. The van der Waals surface area contributed by atoms with Crippen LogP contribution in [-0.4, -0.2) is 46.9 Å². The summed E-state index contributed by atoms with van der Waals surface area (Å²) in [5.74, 6) is -3.30. The number of carboxylic acids is 1. The van der Waals surface area contributed by atoms with E-state index in [4.69, 9.17) is 5.11 Å². The Kier molecular flexibility index (Phi) is 3.97. The summed E-state index contributed by atoms with van der Waals surface area (Å²) in [7, 11) is 1.17. The molecule has 0 fully saturated rings. The first-order valence-corrected chi connectivity index (χ1v) is 4.82. The highest BCUT2D eigenvalue weighted by molar-refractivity contribution is 6.14. The van der Waals surface area contributed by atoms with Crippen LogP contribution in [0.25, 0.3) is 0 Å². The predicted molar refractivity (Wildman–Crippen MR) is 53.7 cm³/mol. The summed E-state index contributed by atoms with van der Waals surface area (Å²) in [6, 6.07) is -1.34. The molecule has 0 spiro atoms. The van der Waals surface area contributed by atoms with Crippen LogP contribution in [0.2, 0.25) is 0 Å². The molecule has 7 heteroatoms. The fourth-order valence-corrected chi connectivity index (χ4v) is 1.44. The van der Waals surface area contributed by atoms with E-state index in [9.17, 15) is 19.2 Å². The Morgan fingerprint density at radius 2 is 1.88 bits per heavy atom. The average molecular weight is 241 g/mol. The second-order valence-corrected chi connectivity index (χ2v) is 3.35. The predicted octanol–water partition coefficient (Wildman–Crippen LogP) is -0.682. The lowest BCUT2D eigenvalue weighted by atomic mass is 10.1. The summed E-state index contributed by atoms with van der Waals surface area (Å²) in [4.78, 5) is 45.0. The number of carbonyl (C=O) groups excluding carboxylic acids is 3. The monoisotopic (exact) mass is 241 g/mol. The van der Waals surface area contributed by atoms with Crippen molar-refractivity contribution in [2.24, 2.45) is 0 Å². The zero-order valence-electron chi connectivity index (χ0n) is 9.08. The zero-order chi connectivity index (χ0) is 13.0. The first-order valence-electron chi connectivity index (χ1n) is 4.82. The number of imide groups is 1. The van der Waals surface area contributed by atoms with Gasteiger partial charge >= 0.3 is 11.9 Å². The molecule has 0 saturated heterocycles. The van der Waals surface area contributed by atoms with Crippen LogP contribution in [0.3, 0.4) is 0 Å². The molecule has 0 saturated carbocycles. The number of methoxy groups -OCH3 is 1. The van der Waals surface area contributed by atoms with Crippen LogP contribution in [0.4, 0.5) is 0 Å². The van der Waals surface area contributed by atoms with Crippen molar-refractivity contribution in [3.05, 3.63) is 12.2 Å². The molecule has 1 unspecified atom stereocenters. The van der Waals surface area contributed by atoms with Crippen LogP contribution in [0.5, 0.6) is 0 Å². The van der Waals surface area contributed by atoms with E-state index in [2.05, 4.69) is 4.74 Å². The fourth-order valence-electron chi connectivity index (χ4n) is 1.44. The quantitative estimate of drug-likeness (QED) is 0.505. The van der Waals surface area contributed by atoms with Gasteiger partial charge in [0, 0.05) is 18.6 Å². The highest BCUT2D eigenvalue weighted by Crippen LogP contribution is 2.14. The summed E-state index contributed by atoms with van der Waals surface area (Å²) in [6.07, 6.45) is 1.65. The molecule has 1 aliphatic heterocycles. The number of esters is 1. The Balaban J connectivity index is 2.73. The number of amides is 2. The van der Waals surface area contributed by atoms with E-state index in [-0.39, 0.29) is 12.8 Å². The SMILES string of the molecule is COC(=O)CCC(C(=O)O)N1C(=O)C=CC1=O. The van der Waals surface area contributed by atoms with E-state index < -0.39 is 29.8 Å². The van der Waals surface area contributed by atoms with Crippen molar-refractivity contribution in [2.45, 2.75) is 18.9 Å². The Bertz CT molecular complexity index is 382. The van der Waals surface area contributed by atoms with Gasteiger partial charge in [-0.1, -0.05) is 0 Å². The van der Waals surface area contributed by atoms with Gasteiger partial charge in [0.25, 0.3) is 11.8 Å². The Hall–Kier alpha value is -2.18. The molecule has 1 atom stereocenters. The molecule has 7 nitrogen and oxygen atoms in total. The topological polar surface area (TPSA) is 101 Å². The third-order valence-corrected chi connectivity index (χ3v) is 2.29. The summed E-state index contributed by atoms with van der Waals surface area (Å²) in [5.41, 5.74) is 0. The molecular weight excluding hydrogens is 230 g/mol. The number of carboxylic acid groups (broad SMARTS) is 1. The van der Waals surface area contributed by atoms with E-state index in [0.29, 0.717) is 4.90 Å². The maximum absolute atomic E-state index is 11.3. The average Bonchev–Trinajstić information content (AvgIpc) is 2.60. The maximum Gasteiger partial charge on any atom is 0.326 e. The van der Waals surface area contributed by atoms with Crippen molar-refractivity contribution < 1.29 is 29.0 Å². The number of carbonyl (C=O) groups is 4. The van der Waals surface area contributed by atoms with E-state index in [0.717, 1.165) is 12.2 Å². The van der Waals surface area contributed by atoms with Gasteiger partial charge in [-0.15, -0.1) is 0 Å². The van der Waals surface area contributed by atoms with Crippen LogP contribution in [0, 0.1) is 0 Å². The van der Waals surface area contributed by atoms with Crippen molar-refractivity contribution in [1.29, 1.82) is 0 Å². The van der Waals surface area contributed by atoms with Gasteiger partial charge in [0.15, 0.2) is 0 Å². The zero-order valence-corrected chi connectivity index (χ0v) is 9.08. The lowest BCUT2D eigenvalue weighted by Crippen LogP contribution is -2.45. The Labute approximate surface area is 96.6 Å². The summed E-state index contributed by atoms with van der Waals surface area (Å²) < 4.78 is 4.36. The van der Waals surface area contributed by atoms with E-state index >= 15 is 0 Å². The molecule has 0 bridgehead atoms. The van der Waals surface area contributed by atoms with Crippen LogP contribution in [0.1, 0.15) is 12.8 Å². The van der Waals surface area contributed by atoms with Gasteiger partial charge in [-0.25, -0.2) is 4.79 Å². The lowest BCUT2D eigenvalue weighted by molar-refractivity contribution is -0.154. The lowest BCUT2D eigenvalue weighted by Gasteiger charge is -2.21. The number of nitrogens with zero attached hydrogens (tertiary/aromatic N) is 1. The molecule has 1 heterocycles. The second-order valence-electron chi connectivity index (χ2n) is 3.35. The van der Waals surface area contributed by atoms with Crippen LogP contribution in [0.15, 0.2) is 12.2 Å². The van der Waals surface area contributed by atoms with Gasteiger partial charge in [0.1, 0.15) is 6.04 Å². The normalized spacial score (nSPS) is 16.2. The van der Waals surface area contributed by atoms with Crippen molar-refractivity contribution in [2.75, 3.05) is 7.11 Å². The summed E-state index contributed by atoms with van der Waals surface area (Å²) >= 11 is 0. The van der Waals surface area contributed by atoms with E-state index in [1.165, 1.54) is 7.11 Å². The van der Waals surface area contributed by atoms with Gasteiger partial charge in [-0.2, -0.15) is 0 Å². The van der Waals surface area contributed by atoms with Crippen molar-refractivity contribution in [3.63, 3.8) is 0 Å². The molecule has 1 N–H and O–H groups in total. The van der Waals surface area contributed by atoms with Gasteiger partial charge < -0.3 is 9.84 Å². The molecule has 0 aromatic carbocycles. The molecule has 0 aromatic heterocycles. The minimum Gasteiger partial charge on any atom is -0.480 e. The first-order chi connectivity index (χ1) is 7.97. The van der Waals surface area contributed by atoms with E-state index in [1.807, 2.05) is 0 Å². The highest BCUT2D eigenvalue weighted by Gasteiger charge is 2.35. The van der Waals surface area contributed by atoms with Crippen molar-refractivity contribution in [1.82, 2.24) is 4.90 Å². The number of rotatable bonds is 5. The molecule has 0 aliphatic carbocycles. The third kappa shape index (κ3) is 2.90. The minimum atomic E-state index is -1.34. The van der Waals surface area contributed by atoms with Gasteiger partial charge in [-0.3, -0.25) is 19.3 Å². The number of aliphatic carboxylic acids is 1. The van der Waals surface area contributed by atoms with Crippen molar-refractivity contribution >= 4 is 23.8 Å². The Morgan fingerprint density at radius 1 is 1.35 bits per heavy atom. The molecule has 0 radical (unpaired) electrons. The smallest absolute Gasteiger partial charge is 0.326 e. The fraction of sp³-hybridized carbons (Fsp3) is 0.400. The number of hydrogen-bond acceptors (Lipinski definition) is 5. The van der Waals surface area contributed by atoms with E-state index in [1.54, 1.807) is 0 Å². The van der Waals surface area contributed by atoms with Crippen LogP contribution < -0.4 is 0 Å². The standard InChI is InChI=1S/C10H11NO6/c1-17-9(14)5-2-6(10(15)16)11-7(12)3-4-8(11)13/h3-4,6H,2,5H2,1H3,(H,15,16). The summed E-state index contributed by atoms with van der Waals surface area (Å²) in [6.45, 7) is 0. The molecule has 17 heavy (non-hydrogen) atoms. The molecule has 1 aliphatic rings. The first kappa shape index (κ1) is 12.9. The van der Waals surface area contributed by atoms with Crippen LogP contribution >= 0.6 is 0 Å². The van der Waals surface area contributed by atoms with Crippen molar-refractivity contribution in [3.8, 4) is 0 Å². The Morgan fingerprint density at radius 3 is 2.29 bits per heavy atom. The second kappa shape index (κ2) is 5.24. The van der Waals surface area contributed by atoms with Gasteiger partial charge in [0.2, 0.25) is 0 Å². The number of hydrogen-bond donors (Lipinski definition) is 1. The largest absolute Gasteiger partial charge is 0.480 e. The molecule has 92 valence electrons. The highest BCUT2D eigenvalue weighted by atomic mass is 16.5. The summed E-state index contributed by atoms with van der Waals surface area (Å²) in [5, 5.41) is 8.93. The van der Waals surface area contributed by atoms with Gasteiger partial charge in [-0.05, 0) is 6.42 Å². The van der Waals surface area contributed by atoms with Crippen LogP contribution in [-0.2, 0) is 23.9 Å². The molecule has 0 aromatic rings. The molecular formula is C10H11NO6.